The van der Waals surface area contributed by atoms with Crippen LogP contribution in [0.25, 0.3) is 0 Å². The molecule has 0 aliphatic heterocycles. The zero-order valence-electron chi connectivity index (χ0n) is 16.5. The van der Waals surface area contributed by atoms with Crippen LogP contribution in [0.1, 0.15) is 15.9 Å². The molecule has 3 aromatic rings. The van der Waals surface area contributed by atoms with Crippen LogP contribution in [-0.4, -0.2) is 23.1 Å². The molecule has 3 rings (SSSR count). The van der Waals surface area contributed by atoms with Gasteiger partial charge in [-0.05, 0) is 48.6 Å². The lowest BCUT2D eigenvalue weighted by Gasteiger charge is -2.14. The summed E-state index contributed by atoms with van der Waals surface area (Å²) in [4.78, 5) is 15.6. The van der Waals surface area contributed by atoms with E-state index in [1.807, 2.05) is 0 Å². The van der Waals surface area contributed by atoms with E-state index in [0.29, 0.717) is 29.1 Å². The zero-order valence-corrected chi connectivity index (χ0v) is 17.3. The number of alkyl halides is 3. The van der Waals surface area contributed by atoms with Gasteiger partial charge in [-0.25, -0.2) is 9.37 Å². The van der Waals surface area contributed by atoms with Crippen molar-refractivity contribution in [3.8, 4) is 11.6 Å². The highest BCUT2D eigenvalue weighted by atomic mass is 32.1. The predicted molar refractivity (Wildman–Crippen MR) is 115 cm³/mol. The van der Waals surface area contributed by atoms with E-state index in [4.69, 9.17) is 17.0 Å². The molecule has 0 aliphatic carbocycles. The zero-order chi connectivity index (χ0) is 23.3. The molecule has 1 aromatic heterocycles. The van der Waals surface area contributed by atoms with E-state index in [-0.39, 0.29) is 22.6 Å². The van der Waals surface area contributed by atoms with Crippen molar-refractivity contribution < 1.29 is 27.1 Å². The summed E-state index contributed by atoms with van der Waals surface area (Å²) in [5, 5.41) is 7.88. The van der Waals surface area contributed by atoms with Crippen molar-refractivity contribution in [3.05, 3.63) is 77.7 Å². The number of halogens is 4. The lowest BCUT2D eigenvalue weighted by molar-refractivity contribution is -0.139. The smallest absolute Gasteiger partial charge is 0.419 e. The van der Waals surface area contributed by atoms with Crippen molar-refractivity contribution in [2.24, 2.45) is 0 Å². The minimum absolute atomic E-state index is 0.00469. The second-order valence-electron chi connectivity index (χ2n) is 6.37. The number of ether oxygens (including phenoxy) is 1. The SMILES string of the molecule is CNC(=O)c1ccc(Oc2cccc(NC(=S)Nc3ccc(F)c(C(F)(F)F)c3)c2)nc1. The highest BCUT2D eigenvalue weighted by Gasteiger charge is 2.34. The van der Waals surface area contributed by atoms with E-state index < -0.39 is 17.6 Å². The molecule has 0 atom stereocenters. The fraction of sp³-hybridized carbons (Fsp3) is 0.0952. The number of aromatic nitrogens is 1. The van der Waals surface area contributed by atoms with Gasteiger partial charge in [0.1, 0.15) is 11.6 Å². The third-order valence-electron chi connectivity index (χ3n) is 4.07. The van der Waals surface area contributed by atoms with Crippen molar-refractivity contribution in [1.29, 1.82) is 0 Å². The Morgan fingerprint density at radius 2 is 1.75 bits per heavy atom. The van der Waals surface area contributed by atoms with Gasteiger partial charge in [0.25, 0.3) is 5.91 Å². The van der Waals surface area contributed by atoms with E-state index in [0.717, 1.165) is 6.07 Å². The van der Waals surface area contributed by atoms with Gasteiger partial charge in [0.2, 0.25) is 5.88 Å². The molecule has 6 nitrogen and oxygen atoms in total. The molecule has 0 radical (unpaired) electrons. The number of thiocarbonyl (C=S) groups is 1. The molecule has 3 N–H and O–H groups in total. The molecular weight excluding hydrogens is 448 g/mol. The standard InChI is InChI=1S/C21H16F4N4O2S/c1-26-19(30)12-5-8-18(27-11-12)31-15-4-2-3-13(9-15)28-20(32)29-14-6-7-17(22)16(10-14)21(23,24)25/h2-11H,1H3,(H,26,30)(H2,28,29,32). The molecule has 32 heavy (non-hydrogen) atoms. The van der Waals surface area contributed by atoms with Crippen LogP contribution in [0.2, 0.25) is 0 Å². The Morgan fingerprint density at radius 3 is 2.38 bits per heavy atom. The number of hydrogen-bond acceptors (Lipinski definition) is 4. The van der Waals surface area contributed by atoms with Crippen LogP contribution in [0.5, 0.6) is 11.6 Å². The fourth-order valence-corrected chi connectivity index (χ4v) is 2.83. The maximum absolute atomic E-state index is 13.4. The molecule has 0 unspecified atom stereocenters. The minimum atomic E-state index is -4.82. The van der Waals surface area contributed by atoms with Crippen LogP contribution in [-0.2, 0) is 6.18 Å². The number of carbonyl (C=O) groups is 1. The van der Waals surface area contributed by atoms with Crippen LogP contribution in [0.15, 0.2) is 60.8 Å². The molecule has 166 valence electrons. The van der Waals surface area contributed by atoms with Crippen LogP contribution in [0, 0.1) is 5.82 Å². The van der Waals surface area contributed by atoms with Crippen LogP contribution in [0.3, 0.4) is 0 Å². The van der Waals surface area contributed by atoms with Gasteiger partial charge >= 0.3 is 6.18 Å². The molecule has 11 heteroatoms. The van der Waals surface area contributed by atoms with E-state index in [1.54, 1.807) is 30.3 Å². The number of nitrogens with one attached hydrogen (secondary N) is 3. The van der Waals surface area contributed by atoms with E-state index in [1.165, 1.54) is 19.3 Å². The number of hydrogen-bond donors (Lipinski definition) is 3. The first-order chi connectivity index (χ1) is 15.2. The highest BCUT2D eigenvalue weighted by molar-refractivity contribution is 7.80. The summed E-state index contributed by atoms with van der Waals surface area (Å²) in [6.45, 7) is 0. The lowest BCUT2D eigenvalue weighted by Crippen LogP contribution is -2.19. The Hall–Kier alpha value is -3.73. The summed E-state index contributed by atoms with van der Waals surface area (Å²) in [6, 6.07) is 12.2. The molecule has 1 heterocycles. The molecular formula is C21H16F4N4O2S. The molecule has 0 saturated heterocycles. The summed E-state index contributed by atoms with van der Waals surface area (Å²) in [5.74, 6) is -0.996. The Labute approximate surface area is 185 Å². The third-order valence-corrected chi connectivity index (χ3v) is 4.27. The van der Waals surface area contributed by atoms with E-state index in [2.05, 4.69) is 20.9 Å². The van der Waals surface area contributed by atoms with Gasteiger partial charge in [0.05, 0.1) is 11.1 Å². The number of nitrogens with zero attached hydrogens (tertiary/aromatic N) is 1. The van der Waals surface area contributed by atoms with Crippen LogP contribution < -0.4 is 20.7 Å². The largest absolute Gasteiger partial charge is 0.439 e. The van der Waals surface area contributed by atoms with Gasteiger partial charge in [0.15, 0.2) is 5.11 Å². The Bertz CT molecular complexity index is 1140. The van der Waals surface area contributed by atoms with Crippen molar-refractivity contribution in [2.75, 3.05) is 17.7 Å². The number of carbonyl (C=O) groups excluding carboxylic acids is 1. The molecule has 0 fully saturated rings. The number of pyridine rings is 1. The van der Waals surface area contributed by atoms with Crippen molar-refractivity contribution in [2.45, 2.75) is 6.18 Å². The van der Waals surface area contributed by atoms with Crippen molar-refractivity contribution in [1.82, 2.24) is 10.3 Å². The van der Waals surface area contributed by atoms with Gasteiger partial charge in [0, 0.05) is 36.8 Å². The maximum Gasteiger partial charge on any atom is 0.419 e. The molecule has 0 spiro atoms. The molecule has 0 saturated carbocycles. The third kappa shape index (κ3) is 5.91. The Morgan fingerprint density at radius 1 is 1.03 bits per heavy atom. The second-order valence-corrected chi connectivity index (χ2v) is 6.77. The predicted octanol–water partition coefficient (Wildman–Crippen LogP) is 5.20. The summed E-state index contributed by atoms with van der Waals surface area (Å²) >= 11 is 5.12. The van der Waals surface area contributed by atoms with Crippen LogP contribution in [0.4, 0.5) is 28.9 Å². The average Bonchev–Trinajstić information content (AvgIpc) is 2.74. The van der Waals surface area contributed by atoms with Crippen molar-refractivity contribution in [3.63, 3.8) is 0 Å². The monoisotopic (exact) mass is 464 g/mol. The average molecular weight is 464 g/mol. The fourth-order valence-electron chi connectivity index (χ4n) is 2.59. The summed E-state index contributed by atoms with van der Waals surface area (Å²) in [5.41, 5.74) is -0.555. The first-order valence-electron chi connectivity index (χ1n) is 9.06. The highest BCUT2D eigenvalue weighted by Crippen LogP contribution is 2.33. The minimum Gasteiger partial charge on any atom is -0.439 e. The summed E-state index contributed by atoms with van der Waals surface area (Å²) < 4.78 is 57.6. The second kappa shape index (κ2) is 9.60. The van der Waals surface area contributed by atoms with Crippen molar-refractivity contribution >= 4 is 34.6 Å². The normalized spacial score (nSPS) is 10.9. The first-order valence-corrected chi connectivity index (χ1v) is 9.47. The van der Waals surface area contributed by atoms with E-state index >= 15 is 0 Å². The number of amides is 1. The number of anilines is 2. The Kier molecular flexibility index (Phi) is 6.89. The number of rotatable bonds is 5. The van der Waals surface area contributed by atoms with Crippen LogP contribution >= 0.6 is 12.2 Å². The quantitative estimate of drug-likeness (QED) is 0.356. The Balaban J connectivity index is 1.66. The molecule has 2 aromatic carbocycles. The first kappa shape index (κ1) is 22.9. The summed E-state index contributed by atoms with van der Waals surface area (Å²) in [7, 11) is 1.51. The molecule has 0 bridgehead atoms. The van der Waals surface area contributed by atoms with Gasteiger partial charge in [-0.1, -0.05) is 6.07 Å². The molecule has 1 amide bonds. The summed E-state index contributed by atoms with van der Waals surface area (Å²) in [6.07, 6.45) is -3.46. The van der Waals surface area contributed by atoms with E-state index in [9.17, 15) is 22.4 Å². The maximum atomic E-state index is 13.4. The van der Waals surface area contributed by atoms with Gasteiger partial charge < -0.3 is 20.7 Å². The lowest BCUT2D eigenvalue weighted by atomic mass is 10.2. The topological polar surface area (TPSA) is 75.3 Å². The van der Waals surface area contributed by atoms with Gasteiger partial charge in [-0.3, -0.25) is 4.79 Å². The van der Waals surface area contributed by atoms with Gasteiger partial charge in [-0.2, -0.15) is 13.2 Å². The number of benzene rings is 2. The van der Waals surface area contributed by atoms with Gasteiger partial charge in [-0.15, -0.1) is 0 Å². The molecule has 0 aliphatic rings.